The zero-order valence-corrected chi connectivity index (χ0v) is 68.7. The molecule has 0 aliphatic carbocycles. The molecule has 4 N–H and O–H groups in total. The maximum atomic E-state index is 13.9. The lowest BCUT2D eigenvalue weighted by atomic mass is 10.1. The average Bonchev–Trinajstić information content (AvgIpc) is 1.58. The molecule has 582 valence electrons. The standard InChI is InChI=1S/C25H18N4OS.C23H18ClN3OS.C23H19N3O2S.C22H15Cl2N3OS/c30-24-25(28-27-23(31-25)18-8-2-1-3-9-18)20-13-4-5-14-21(20)29(24)16-19-11-6-10-17-12-7-15-26-22(17)19;1-15-8-2-4-10-17(15)21-25-26-23(29-21)18-11-5-7-13-20(18)27(22(23)28)14-16-9-3-6-12-19(16)24;1-28-20-14-8-5-11-17(20)15-26-19-13-7-6-12-18(19)23(22(26)27)25-24-21(29-23)16-9-3-2-4-10-16;23-16-10-11-19-17(12-16)22(26-25-20(29-22)14-6-2-1-3-7-14)21(28)27(19)13-15-8-4-5-9-18(15)24/h1-15,28H,16H2;2-13,26H,14H2,1H3;2-14,25H,15H2,1H3;1-12,26H,13H2. The maximum Gasteiger partial charge on any atom is 0.270 e. The highest BCUT2D eigenvalue weighted by Crippen LogP contribution is 2.56. The van der Waals surface area contributed by atoms with Gasteiger partial charge in [-0.2, -0.15) is 20.4 Å². The number of anilines is 4. The van der Waals surface area contributed by atoms with E-state index in [0.29, 0.717) is 41.2 Å². The SMILES string of the molecule is COc1ccccc1CN1C(=O)C2(NN=C(c3ccccc3)S2)c2ccccc21.Cc1ccccc1C1=NNC2(S1)C(=O)N(Cc1ccccc1Cl)c1ccccc12.O=C1N(Cc2cccc3cccnc23)c2ccccc2C12NN=C(c1ccccc1)S2.O=C1N(Cc2ccccc2Cl)c2ccc(Cl)cc2C12NN=C(c1ccccc1)S2. The third-order valence-electron chi connectivity index (χ3n) is 21.4. The van der Waals surface area contributed by atoms with Crippen LogP contribution in [0.1, 0.15) is 72.3 Å². The molecule has 0 saturated heterocycles. The second kappa shape index (κ2) is 32.4. The third-order valence-corrected chi connectivity index (χ3v) is 27.6. The number of rotatable bonds is 13. The number of aromatic nitrogens is 1. The molecule has 0 radical (unpaired) electrons. The van der Waals surface area contributed by atoms with E-state index in [2.05, 4.69) is 60.1 Å². The minimum Gasteiger partial charge on any atom is -0.496 e. The van der Waals surface area contributed by atoms with Gasteiger partial charge in [-0.15, -0.1) is 0 Å². The van der Waals surface area contributed by atoms with Crippen LogP contribution in [0, 0.1) is 6.92 Å². The average molecular weight is 1680 g/mol. The summed E-state index contributed by atoms with van der Waals surface area (Å²) in [6, 6.07) is 100. The number of halogens is 3. The summed E-state index contributed by atoms with van der Waals surface area (Å²) in [4.78, 5) is 62.8. The van der Waals surface area contributed by atoms with Gasteiger partial charge in [-0.25, -0.2) is 0 Å². The van der Waals surface area contributed by atoms with Gasteiger partial charge >= 0.3 is 0 Å². The molecule has 4 atom stereocenters. The van der Waals surface area contributed by atoms with Crippen molar-refractivity contribution in [2.75, 3.05) is 26.7 Å². The van der Waals surface area contributed by atoms with Gasteiger partial charge in [0.2, 0.25) is 19.5 Å². The van der Waals surface area contributed by atoms with Crippen LogP contribution in [0.2, 0.25) is 15.1 Å². The summed E-state index contributed by atoms with van der Waals surface area (Å²) >= 11 is 24.8. The molecular weight excluding hydrogens is 1610 g/mol. The molecule has 18 nitrogen and oxygen atoms in total. The molecule has 4 spiro atoms. The number of carbonyl (C=O) groups is 4. The fourth-order valence-electron chi connectivity index (χ4n) is 15.5. The normalized spacial score (nSPS) is 19.8. The number of methoxy groups -OCH3 is 1. The summed E-state index contributed by atoms with van der Waals surface area (Å²) < 4.78 is 5.49. The smallest absolute Gasteiger partial charge is 0.270 e. The molecule has 8 aliphatic rings. The quantitative estimate of drug-likeness (QED) is 0.0849. The molecule has 21 rings (SSSR count). The van der Waals surface area contributed by atoms with Crippen LogP contribution < -0.4 is 46.0 Å². The number of amides is 4. The van der Waals surface area contributed by atoms with E-state index in [1.807, 2.05) is 307 Å². The Morgan fingerprint density at radius 1 is 0.347 bits per heavy atom. The van der Waals surface area contributed by atoms with Crippen molar-refractivity contribution in [3.05, 3.63) is 403 Å². The number of fused-ring (bicyclic) bond motifs is 9. The molecule has 0 fully saturated rings. The van der Waals surface area contributed by atoms with E-state index in [1.54, 1.807) is 29.2 Å². The number of pyridine rings is 1. The van der Waals surface area contributed by atoms with Crippen molar-refractivity contribution in [1.82, 2.24) is 26.7 Å². The Labute approximate surface area is 712 Å². The van der Waals surface area contributed by atoms with Crippen LogP contribution in [-0.2, 0) is 64.8 Å². The zero-order valence-electron chi connectivity index (χ0n) is 63.2. The summed E-state index contributed by atoms with van der Waals surface area (Å²) in [5, 5.41) is 24.3. The molecule has 13 aromatic rings. The number of hydrogen-bond donors (Lipinski definition) is 4. The van der Waals surface area contributed by atoms with E-state index in [0.717, 1.165) is 132 Å². The van der Waals surface area contributed by atoms with Gasteiger partial charge in [0.05, 0.1) is 61.6 Å². The predicted molar refractivity (Wildman–Crippen MR) is 479 cm³/mol. The molecule has 12 aromatic carbocycles. The molecule has 4 unspecified atom stereocenters. The van der Waals surface area contributed by atoms with E-state index in [1.165, 1.54) is 47.0 Å². The molecular formula is C93H70Cl3N13O5S4. The van der Waals surface area contributed by atoms with E-state index < -0.39 is 19.5 Å². The van der Waals surface area contributed by atoms with Crippen molar-refractivity contribution >= 4 is 159 Å². The topological polar surface area (TPSA) is 201 Å². The van der Waals surface area contributed by atoms with Crippen LogP contribution in [0.25, 0.3) is 10.9 Å². The number of nitrogens with one attached hydrogen (secondary N) is 4. The van der Waals surface area contributed by atoms with Crippen molar-refractivity contribution in [3.8, 4) is 5.75 Å². The van der Waals surface area contributed by atoms with Gasteiger partial charge in [-0.05, 0) is 89.8 Å². The number of para-hydroxylation sites is 5. The second-order valence-corrected chi connectivity index (χ2v) is 34.5. The highest BCUT2D eigenvalue weighted by molar-refractivity contribution is 8.17. The highest BCUT2D eigenvalue weighted by atomic mass is 35.5. The van der Waals surface area contributed by atoms with E-state index in [4.69, 9.17) is 39.5 Å². The summed E-state index contributed by atoms with van der Waals surface area (Å²) in [5.74, 6) is 0.614. The molecule has 1 aromatic heterocycles. The molecule has 8 aliphatic heterocycles. The van der Waals surface area contributed by atoms with Crippen LogP contribution in [-0.4, -0.2) is 55.9 Å². The van der Waals surface area contributed by atoms with Gasteiger partial charge in [0.1, 0.15) is 25.9 Å². The van der Waals surface area contributed by atoms with Crippen LogP contribution in [0.15, 0.2) is 336 Å². The van der Waals surface area contributed by atoms with E-state index >= 15 is 0 Å². The minimum atomic E-state index is -1.04. The molecule has 0 bridgehead atoms. The molecule has 0 saturated carbocycles. The van der Waals surface area contributed by atoms with Gasteiger partial charge in [0, 0.05) is 76.7 Å². The second-order valence-electron chi connectivity index (χ2n) is 28.4. The number of carbonyl (C=O) groups excluding carboxylic acids is 4. The number of thioether (sulfide) groups is 4. The predicted octanol–water partition coefficient (Wildman–Crippen LogP) is 19.2. The molecule has 118 heavy (non-hydrogen) atoms. The maximum absolute atomic E-state index is 13.9. The van der Waals surface area contributed by atoms with Crippen LogP contribution >= 0.6 is 81.9 Å². The van der Waals surface area contributed by atoms with Crippen LogP contribution in [0.5, 0.6) is 5.75 Å². The Balaban J connectivity index is 0.000000108. The number of hydrogen-bond acceptors (Lipinski definition) is 18. The largest absolute Gasteiger partial charge is 0.496 e. The summed E-state index contributed by atoms with van der Waals surface area (Å²) in [6.45, 7) is 3.73. The first-order valence-electron chi connectivity index (χ1n) is 37.8. The van der Waals surface area contributed by atoms with Gasteiger partial charge in [0.15, 0.2) is 0 Å². The number of aryl methyl sites for hydroxylation is 1. The summed E-state index contributed by atoms with van der Waals surface area (Å²) in [6.07, 6.45) is 1.79. The monoisotopic (exact) mass is 1680 g/mol. The Bertz CT molecular complexity index is 6290. The van der Waals surface area contributed by atoms with Crippen molar-refractivity contribution < 1.29 is 23.9 Å². The summed E-state index contributed by atoms with van der Waals surface area (Å²) in [5.41, 5.74) is 29.5. The molecule has 25 heteroatoms. The highest BCUT2D eigenvalue weighted by Gasteiger charge is 2.59. The lowest BCUT2D eigenvalue weighted by molar-refractivity contribution is -0.121. The number of benzene rings is 12. The van der Waals surface area contributed by atoms with Gasteiger partial charge in [-0.1, -0.05) is 331 Å². The lowest BCUT2D eigenvalue weighted by Crippen LogP contribution is -2.44. The lowest BCUT2D eigenvalue weighted by Gasteiger charge is -2.23. The third kappa shape index (κ3) is 13.9. The Kier molecular flexibility index (Phi) is 21.2. The zero-order chi connectivity index (χ0) is 80.7. The van der Waals surface area contributed by atoms with Crippen LogP contribution in [0.3, 0.4) is 0 Å². The van der Waals surface area contributed by atoms with Crippen molar-refractivity contribution in [2.24, 2.45) is 20.4 Å². The first-order chi connectivity index (χ1) is 57.7. The van der Waals surface area contributed by atoms with Crippen molar-refractivity contribution in [3.63, 3.8) is 0 Å². The Morgan fingerprint density at radius 3 is 1.17 bits per heavy atom. The van der Waals surface area contributed by atoms with Gasteiger partial charge in [0.25, 0.3) is 23.6 Å². The Hall–Kier alpha value is -12.1. The van der Waals surface area contributed by atoms with Gasteiger partial charge < -0.3 is 24.3 Å². The van der Waals surface area contributed by atoms with Crippen molar-refractivity contribution in [1.29, 1.82) is 0 Å². The fraction of sp³-hybridized carbons (Fsp3) is 0.108. The van der Waals surface area contributed by atoms with Crippen LogP contribution in [0.4, 0.5) is 22.7 Å². The molecule has 4 amide bonds. The Morgan fingerprint density at radius 2 is 0.703 bits per heavy atom. The van der Waals surface area contributed by atoms with E-state index in [-0.39, 0.29) is 23.6 Å². The fourth-order valence-corrected chi connectivity index (χ4v) is 21.0. The minimum absolute atomic E-state index is 0.0127. The van der Waals surface area contributed by atoms with Crippen molar-refractivity contribution in [2.45, 2.75) is 52.6 Å². The first kappa shape index (κ1) is 77.1. The summed E-state index contributed by atoms with van der Waals surface area (Å²) in [7, 11) is 1.65. The first-order valence-corrected chi connectivity index (χ1v) is 42.2. The van der Waals surface area contributed by atoms with Gasteiger partial charge in [-0.3, -0.25) is 45.9 Å². The number of ether oxygens (including phenoxy) is 1. The number of nitrogens with zero attached hydrogens (tertiary/aromatic N) is 9. The van der Waals surface area contributed by atoms with E-state index in [9.17, 15) is 19.2 Å². The number of hydrazone groups is 4. The molecule has 9 heterocycles.